The molecule has 116 valence electrons. The normalized spacial score (nSPS) is 11.7. The molecule has 2 N–H and O–H groups in total. The second-order valence-electron chi connectivity index (χ2n) is 4.95. The Balaban J connectivity index is 2.51. The average Bonchev–Trinajstić information content (AvgIpc) is 2.46. The summed E-state index contributed by atoms with van der Waals surface area (Å²) in [6.07, 6.45) is 2.30. The minimum absolute atomic E-state index is 0.0206. The fourth-order valence-corrected chi connectivity index (χ4v) is 1.94. The van der Waals surface area contributed by atoms with Crippen LogP contribution in [0.5, 0.6) is 0 Å². The van der Waals surface area contributed by atoms with Crippen molar-refractivity contribution in [1.82, 2.24) is 5.32 Å². The summed E-state index contributed by atoms with van der Waals surface area (Å²) in [5, 5.41) is 11.5. The van der Waals surface area contributed by atoms with Crippen LogP contribution in [0, 0.1) is 0 Å². The van der Waals surface area contributed by atoms with Gasteiger partial charge in [-0.05, 0) is 24.8 Å². The molecule has 1 rings (SSSR count). The molecule has 0 aliphatic rings. The predicted octanol–water partition coefficient (Wildman–Crippen LogP) is 2.99. The molecule has 1 amide bonds. The van der Waals surface area contributed by atoms with Gasteiger partial charge in [-0.2, -0.15) is 0 Å². The van der Waals surface area contributed by atoms with Gasteiger partial charge in [0.1, 0.15) is 0 Å². The standard InChI is InChI=1S/C16H23NO4/c1-2-3-11-21-16(20)17-14(9-10-15(18)19)12-13-7-5-4-6-8-13/h4-8,14H,2-3,9-12H2,1H3,(H,17,20)(H,18,19). The maximum absolute atomic E-state index is 11.7. The second kappa shape index (κ2) is 9.80. The summed E-state index contributed by atoms with van der Waals surface area (Å²) in [4.78, 5) is 22.4. The van der Waals surface area contributed by atoms with Crippen LogP contribution in [-0.4, -0.2) is 29.8 Å². The van der Waals surface area contributed by atoms with Gasteiger partial charge in [-0.15, -0.1) is 0 Å². The molecule has 0 saturated carbocycles. The molecule has 0 aromatic heterocycles. The van der Waals surface area contributed by atoms with Crippen LogP contribution < -0.4 is 5.32 Å². The summed E-state index contributed by atoms with van der Waals surface area (Å²) in [5.41, 5.74) is 1.06. The molecule has 1 aromatic carbocycles. The van der Waals surface area contributed by atoms with Crippen molar-refractivity contribution in [1.29, 1.82) is 0 Å². The van der Waals surface area contributed by atoms with Gasteiger partial charge < -0.3 is 15.2 Å². The molecule has 0 heterocycles. The van der Waals surface area contributed by atoms with E-state index in [9.17, 15) is 9.59 Å². The van der Waals surface area contributed by atoms with Gasteiger partial charge in [-0.1, -0.05) is 43.7 Å². The highest BCUT2D eigenvalue weighted by atomic mass is 16.5. The Labute approximate surface area is 125 Å². The predicted molar refractivity (Wildman–Crippen MR) is 80.2 cm³/mol. The van der Waals surface area contributed by atoms with Crippen molar-refractivity contribution in [3.8, 4) is 0 Å². The summed E-state index contributed by atoms with van der Waals surface area (Å²) in [6.45, 7) is 2.41. The number of carbonyl (C=O) groups excluding carboxylic acids is 1. The lowest BCUT2D eigenvalue weighted by molar-refractivity contribution is -0.137. The lowest BCUT2D eigenvalue weighted by Gasteiger charge is -2.18. The molecule has 1 unspecified atom stereocenters. The van der Waals surface area contributed by atoms with Crippen molar-refractivity contribution < 1.29 is 19.4 Å². The van der Waals surface area contributed by atoms with Gasteiger partial charge in [0.2, 0.25) is 0 Å². The Kier molecular flexibility index (Phi) is 7.94. The lowest BCUT2D eigenvalue weighted by atomic mass is 10.0. The van der Waals surface area contributed by atoms with Crippen LogP contribution in [0.3, 0.4) is 0 Å². The van der Waals surface area contributed by atoms with E-state index in [1.807, 2.05) is 37.3 Å². The second-order valence-corrected chi connectivity index (χ2v) is 4.95. The van der Waals surface area contributed by atoms with Crippen LogP contribution in [0.25, 0.3) is 0 Å². The maximum atomic E-state index is 11.7. The van der Waals surface area contributed by atoms with Gasteiger partial charge in [-0.3, -0.25) is 4.79 Å². The highest BCUT2D eigenvalue weighted by Gasteiger charge is 2.15. The third-order valence-electron chi connectivity index (χ3n) is 3.08. The largest absolute Gasteiger partial charge is 0.481 e. The van der Waals surface area contributed by atoms with Gasteiger partial charge in [0.05, 0.1) is 6.61 Å². The summed E-state index contributed by atoms with van der Waals surface area (Å²) in [7, 11) is 0. The van der Waals surface area contributed by atoms with Crippen LogP contribution in [-0.2, 0) is 16.0 Å². The van der Waals surface area contributed by atoms with E-state index in [0.717, 1.165) is 18.4 Å². The van der Waals surface area contributed by atoms with Crippen LogP contribution in [0.2, 0.25) is 0 Å². The van der Waals surface area contributed by atoms with Crippen LogP contribution >= 0.6 is 0 Å². The first-order valence-electron chi connectivity index (χ1n) is 7.30. The van der Waals surface area contributed by atoms with E-state index in [1.165, 1.54) is 0 Å². The van der Waals surface area contributed by atoms with E-state index in [1.54, 1.807) is 0 Å². The summed E-state index contributed by atoms with van der Waals surface area (Å²) >= 11 is 0. The van der Waals surface area contributed by atoms with Crippen LogP contribution in [0.4, 0.5) is 4.79 Å². The quantitative estimate of drug-likeness (QED) is 0.686. The van der Waals surface area contributed by atoms with Gasteiger partial charge in [-0.25, -0.2) is 4.79 Å². The summed E-state index contributed by atoms with van der Waals surface area (Å²) < 4.78 is 5.06. The molecule has 5 heteroatoms. The number of nitrogens with one attached hydrogen (secondary N) is 1. The zero-order chi connectivity index (χ0) is 15.5. The molecule has 0 aliphatic carbocycles. The van der Waals surface area contributed by atoms with Crippen molar-refractivity contribution in [2.45, 2.75) is 45.1 Å². The highest BCUT2D eigenvalue weighted by molar-refractivity contribution is 5.68. The fraction of sp³-hybridized carbons (Fsp3) is 0.500. The number of hydrogen-bond donors (Lipinski definition) is 2. The van der Waals surface area contributed by atoms with E-state index >= 15 is 0 Å². The number of hydrogen-bond acceptors (Lipinski definition) is 3. The molecular formula is C16H23NO4. The molecule has 0 spiro atoms. The SMILES string of the molecule is CCCCOC(=O)NC(CCC(=O)O)Cc1ccccc1. The minimum atomic E-state index is -0.866. The number of alkyl carbamates (subject to hydrolysis) is 1. The summed E-state index contributed by atoms with van der Waals surface area (Å²) in [6, 6.07) is 9.43. The van der Waals surface area contributed by atoms with Gasteiger partial charge in [0.15, 0.2) is 0 Å². The van der Waals surface area contributed by atoms with Crippen molar-refractivity contribution in [3.63, 3.8) is 0 Å². The number of carboxylic acids is 1. The first-order chi connectivity index (χ1) is 10.1. The topological polar surface area (TPSA) is 75.6 Å². The van der Waals surface area contributed by atoms with Crippen LogP contribution in [0.1, 0.15) is 38.2 Å². The monoisotopic (exact) mass is 293 g/mol. The van der Waals surface area contributed by atoms with E-state index in [0.29, 0.717) is 19.4 Å². The molecule has 1 aromatic rings. The Hall–Kier alpha value is -2.04. The maximum Gasteiger partial charge on any atom is 0.407 e. The van der Waals surface area contributed by atoms with E-state index in [4.69, 9.17) is 9.84 Å². The number of rotatable bonds is 9. The third-order valence-corrected chi connectivity index (χ3v) is 3.08. The molecule has 0 radical (unpaired) electrons. The molecule has 0 fully saturated rings. The smallest absolute Gasteiger partial charge is 0.407 e. The molecule has 5 nitrogen and oxygen atoms in total. The van der Waals surface area contributed by atoms with Crippen molar-refractivity contribution in [3.05, 3.63) is 35.9 Å². The Bertz CT molecular complexity index is 433. The van der Waals surface area contributed by atoms with E-state index in [2.05, 4.69) is 5.32 Å². The number of amides is 1. The zero-order valence-corrected chi connectivity index (χ0v) is 12.4. The molecular weight excluding hydrogens is 270 g/mol. The minimum Gasteiger partial charge on any atom is -0.481 e. The number of unbranched alkanes of at least 4 members (excludes halogenated alkanes) is 1. The molecule has 0 aliphatic heterocycles. The molecule has 0 bridgehead atoms. The summed E-state index contributed by atoms with van der Waals surface area (Å²) in [5.74, 6) is -0.866. The first-order valence-corrected chi connectivity index (χ1v) is 7.30. The number of ether oxygens (including phenoxy) is 1. The average molecular weight is 293 g/mol. The molecule has 21 heavy (non-hydrogen) atoms. The van der Waals surface area contributed by atoms with Gasteiger partial charge >= 0.3 is 12.1 Å². The third kappa shape index (κ3) is 7.97. The number of aliphatic carboxylic acids is 1. The fourth-order valence-electron chi connectivity index (χ4n) is 1.94. The Morgan fingerprint density at radius 2 is 2.00 bits per heavy atom. The molecule has 1 atom stereocenters. The Morgan fingerprint density at radius 1 is 1.29 bits per heavy atom. The zero-order valence-electron chi connectivity index (χ0n) is 12.4. The lowest BCUT2D eigenvalue weighted by Crippen LogP contribution is -2.37. The number of carboxylic acid groups (broad SMARTS) is 1. The molecule has 0 saturated heterocycles. The van der Waals surface area contributed by atoms with E-state index < -0.39 is 12.1 Å². The van der Waals surface area contributed by atoms with Crippen molar-refractivity contribution in [2.24, 2.45) is 0 Å². The Morgan fingerprint density at radius 3 is 2.62 bits per heavy atom. The van der Waals surface area contributed by atoms with Crippen molar-refractivity contribution in [2.75, 3.05) is 6.61 Å². The number of benzene rings is 1. The number of carbonyl (C=O) groups is 2. The van der Waals surface area contributed by atoms with E-state index in [-0.39, 0.29) is 12.5 Å². The van der Waals surface area contributed by atoms with Gasteiger partial charge in [0.25, 0.3) is 0 Å². The first kappa shape index (κ1) is 17.0. The van der Waals surface area contributed by atoms with Crippen LogP contribution in [0.15, 0.2) is 30.3 Å². The van der Waals surface area contributed by atoms with Gasteiger partial charge in [0, 0.05) is 12.5 Å². The van der Waals surface area contributed by atoms with Crippen molar-refractivity contribution >= 4 is 12.1 Å². The highest BCUT2D eigenvalue weighted by Crippen LogP contribution is 2.08.